The Morgan fingerprint density at radius 1 is 1.11 bits per heavy atom. The highest BCUT2D eigenvalue weighted by Gasteiger charge is 2.16. The summed E-state index contributed by atoms with van der Waals surface area (Å²) in [5.74, 6) is 0.787. The highest BCUT2D eigenvalue weighted by molar-refractivity contribution is 6.21. The summed E-state index contributed by atoms with van der Waals surface area (Å²) in [7, 11) is 4.12. The fraction of sp³-hybridized carbons (Fsp3) is 0.625. The van der Waals surface area contributed by atoms with Crippen LogP contribution in [0.4, 0.5) is 0 Å². The molecule has 0 radical (unpaired) electrons. The van der Waals surface area contributed by atoms with Crippen molar-refractivity contribution < 1.29 is 0 Å². The van der Waals surface area contributed by atoms with Gasteiger partial charge in [-0.3, -0.25) is 0 Å². The molecule has 100 valence electrons. The second kappa shape index (κ2) is 6.58. The van der Waals surface area contributed by atoms with Crippen LogP contribution in [0.1, 0.15) is 54.5 Å². The lowest BCUT2D eigenvalue weighted by molar-refractivity contribution is 0.407. The molecule has 0 N–H and O–H groups in total. The lowest BCUT2D eigenvalue weighted by Gasteiger charge is -2.22. The Labute approximate surface area is 116 Å². The summed E-state index contributed by atoms with van der Waals surface area (Å²) in [6.07, 6.45) is 6.93. The SMILES string of the molecule is CN(C)CC(Cl)c1ccc(C2CCCCC2)cc1. The van der Waals surface area contributed by atoms with Gasteiger partial charge in [0.15, 0.2) is 0 Å². The second-order valence-electron chi connectivity index (χ2n) is 5.73. The normalized spacial score (nSPS) is 19.1. The molecule has 1 fully saturated rings. The first-order valence-corrected chi connectivity index (χ1v) is 7.49. The maximum Gasteiger partial charge on any atom is 0.0712 e. The standard InChI is InChI=1S/C16H24ClN/c1-18(2)12-16(17)15-10-8-14(9-11-15)13-6-4-3-5-7-13/h8-11,13,16H,3-7,12H2,1-2H3. The Balaban J connectivity index is 2.00. The Kier molecular flexibility index (Phi) is 5.08. The van der Waals surface area contributed by atoms with Crippen LogP contribution in [0.5, 0.6) is 0 Å². The van der Waals surface area contributed by atoms with E-state index in [1.54, 1.807) is 0 Å². The van der Waals surface area contributed by atoms with Gasteiger partial charge in [-0.25, -0.2) is 0 Å². The van der Waals surface area contributed by atoms with Crippen molar-refractivity contribution in [1.82, 2.24) is 4.90 Å². The Morgan fingerprint density at radius 3 is 2.28 bits per heavy atom. The maximum absolute atomic E-state index is 6.40. The largest absolute Gasteiger partial charge is 0.308 e. The first kappa shape index (κ1) is 13.9. The summed E-state index contributed by atoms with van der Waals surface area (Å²) in [6, 6.07) is 9.00. The van der Waals surface area contributed by atoms with Crippen molar-refractivity contribution in [2.45, 2.75) is 43.4 Å². The topological polar surface area (TPSA) is 3.24 Å². The van der Waals surface area contributed by atoms with Crippen molar-refractivity contribution >= 4 is 11.6 Å². The van der Waals surface area contributed by atoms with E-state index in [-0.39, 0.29) is 5.38 Å². The molecule has 1 unspecified atom stereocenters. The molecule has 0 heterocycles. The van der Waals surface area contributed by atoms with Crippen LogP contribution >= 0.6 is 11.6 Å². The first-order valence-electron chi connectivity index (χ1n) is 7.05. The number of hydrogen-bond acceptors (Lipinski definition) is 1. The number of hydrogen-bond donors (Lipinski definition) is 0. The number of alkyl halides is 1. The van der Waals surface area contributed by atoms with Gasteiger partial charge < -0.3 is 4.90 Å². The van der Waals surface area contributed by atoms with Gasteiger partial charge in [0.05, 0.1) is 5.38 Å². The van der Waals surface area contributed by atoms with Gasteiger partial charge in [-0.1, -0.05) is 43.5 Å². The molecule has 1 aliphatic carbocycles. The third-order valence-corrected chi connectivity index (χ3v) is 4.29. The molecular weight excluding hydrogens is 242 g/mol. The minimum absolute atomic E-state index is 0.0976. The van der Waals surface area contributed by atoms with Crippen molar-refractivity contribution in [3.05, 3.63) is 35.4 Å². The zero-order valence-electron chi connectivity index (χ0n) is 11.5. The zero-order chi connectivity index (χ0) is 13.0. The molecule has 1 aliphatic rings. The van der Waals surface area contributed by atoms with Crippen molar-refractivity contribution in [2.75, 3.05) is 20.6 Å². The molecule has 0 spiro atoms. The van der Waals surface area contributed by atoms with Gasteiger partial charge in [-0.15, -0.1) is 11.6 Å². The fourth-order valence-corrected chi connectivity index (χ4v) is 3.26. The third kappa shape index (κ3) is 3.73. The van der Waals surface area contributed by atoms with Crippen molar-refractivity contribution in [2.24, 2.45) is 0 Å². The van der Waals surface area contributed by atoms with Crippen LogP contribution in [0.15, 0.2) is 24.3 Å². The van der Waals surface area contributed by atoms with Crippen LogP contribution in [-0.4, -0.2) is 25.5 Å². The first-order chi connectivity index (χ1) is 8.66. The van der Waals surface area contributed by atoms with E-state index in [1.807, 2.05) is 0 Å². The summed E-state index contributed by atoms with van der Waals surface area (Å²) in [6.45, 7) is 0.893. The number of benzene rings is 1. The number of likely N-dealkylation sites (N-methyl/N-ethyl adjacent to an activating group) is 1. The van der Waals surface area contributed by atoms with E-state index in [1.165, 1.54) is 43.2 Å². The predicted octanol–water partition coefficient (Wildman–Crippen LogP) is 4.58. The molecule has 2 rings (SSSR count). The van der Waals surface area contributed by atoms with Gasteiger partial charge in [0, 0.05) is 6.54 Å². The third-order valence-electron chi connectivity index (χ3n) is 3.90. The molecule has 0 amide bonds. The lowest BCUT2D eigenvalue weighted by atomic mass is 9.84. The molecule has 1 aromatic carbocycles. The Morgan fingerprint density at radius 2 is 1.72 bits per heavy atom. The number of nitrogens with zero attached hydrogens (tertiary/aromatic N) is 1. The minimum atomic E-state index is 0.0976. The van der Waals surface area contributed by atoms with Gasteiger partial charge >= 0.3 is 0 Å². The van der Waals surface area contributed by atoms with E-state index in [0.717, 1.165) is 12.5 Å². The minimum Gasteiger partial charge on any atom is -0.308 e. The van der Waals surface area contributed by atoms with E-state index in [9.17, 15) is 0 Å². The smallest absolute Gasteiger partial charge is 0.0712 e. The second-order valence-corrected chi connectivity index (χ2v) is 6.26. The summed E-state index contributed by atoms with van der Waals surface area (Å²) < 4.78 is 0. The van der Waals surface area contributed by atoms with Gasteiger partial charge in [0.2, 0.25) is 0 Å². The predicted molar refractivity (Wildman–Crippen MR) is 79.4 cm³/mol. The number of halogens is 1. The van der Waals surface area contributed by atoms with Crippen molar-refractivity contribution in [3.8, 4) is 0 Å². The Hall–Kier alpha value is -0.530. The average molecular weight is 266 g/mol. The maximum atomic E-state index is 6.40. The molecular formula is C16H24ClN. The molecule has 0 aromatic heterocycles. The van der Waals surface area contributed by atoms with Crippen LogP contribution in [0.2, 0.25) is 0 Å². The molecule has 0 aliphatic heterocycles. The molecule has 2 heteroatoms. The Bertz CT molecular complexity index is 352. The number of rotatable bonds is 4. The summed E-state index contributed by atoms with van der Waals surface area (Å²) in [4.78, 5) is 2.13. The van der Waals surface area contributed by atoms with Crippen molar-refractivity contribution in [3.63, 3.8) is 0 Å². The molecule has 1 atom stereocenters. The van der Waals surface area contributed by atoms with Crippen LogP contribution in [0.3, 0.4) is 0 Å². The molecule has 0 bridgehead atoms. The van der Waals surface area contributed by atoms with E-state index >= 15 is 0 Å². The summed E-state index contributed by atoms with van der Waals surface area (Å²) in [5.41, 5.74) is 2.75. The van der Waals surface area contributed by atoms with E-state index < -0.39 is 0 Å². The molecule has 1 aromatic rings. The van der Waals surface area contributed by atoms with E-state index in [0.29, 0.717) is 0 Å². The van der Waals surface area contributed by atoms with Gasteiger partial charge in [0.1, 0.15) is 0 Å². The van der Waals surface area contributed by atoms with Gasteiger partial charge in [-0.2, -0.15) is 0 Å². The highest BCUT2D eigenvalue weighted by Crippen LogP contribution is 2.33. The summed E-state index contributed by atoms with van der Waals surface area (Å²) >= 11 is 6.40. The van der Waals surface area contributed by atoms with Crippen LogP contribution in [-0.2, 0) is 0 Å². The van der Waals surface area contributed by atoms with Crippen LogP contribution in [0.25, 0.3) is 0 Å². The van der Waals surface area contributed by atoms with E-state index in [4.69, 9.17) is 11.6 Å². The highest BCUT2D eigenvalue weighted by atomic mass is 35.5. The molecule has 1 nitrogen and oxygen atoms in total. The zero-order valence-corrected chi connectivity index (χ0v) is 12.3. The van der Waals surface area contributed by atoms with E-state index in [2.05, 4.69) is 43.3 Å². The summed E-state index contributed by atoms with van der Waals surface area (Å²) in [5, 5.41) is 0.0976. The molecule has 0 saturated heterocycles. The quantitative estimate of drug-likeness (QED) is 0.721. The molecule has 1 saturated carbocycles. The van der Waals surface area contributed by atoms with Crippen molar-refractivity contribution in [1.29, 1.82) is 0 Å². The average Bonchev–Trinajstić information content (AvgIpc) is 2.39. The monoisotopic (exact) mass is 265 g/mol. The van der Waals surface area contributed by atoms with Gasteiger partial charge in [-0.05, 0) is 44.0 Å². The lowest BCUT2D eigenvalue weighted by Crippen LogP contribution is -2.17. The molecule has 18 heavy (non-hydrogen) atoms. The van der Waals surface area contributed by atoms with Gasteiger partial charge in [0.25, 0.3) is 0 Å². The van der Waals surface area contributed by atoms with Crippen LogP contribution < -0.4 is 0 Å². The fourth-order valence-electron chi connectivity index (χ4n) is 2.84. The van der Waals surface area contributed by atoms with Crippen LogP contribution in [0, 0.1) is 0 Å².